The van der Waals surface area contributed by atoms with E-state index in [1.54, 1.807) is 24.3 Å². The summed E-state index contributed by atoms with van der Waals surface area (Å²) >= 11 is 0. The smallest absolute Gasteiger partial charge is 0.261 e. The molecule has 7 heteroatoms. The Kier molecular flexibility index (Phi) is 6.36. The Morgan fingerprint density at radius 2 is 1.59 bits per heavy atom. The van der Waals surface area contributed by atoms with Crippen molar-refractivity contribution in [3.63, 3.8) is 0 Å². The van der Waals surface area contributed by atoms with Crippen LogP contribution < -0.4 is 9.46 Å². The van der Waals surface area contributed by atoms with E-state index in [2.05, 4.69) is 21.6 Å². The molecule has 0 bridgehead atoms. The molecule has 0 spiro atoms. The van der Waals surface area contributed by atoms with E-state index < -0.39 is 10.0 Å². The molecular formula is C20H27N3O3S. The standard InChI is InChI=1S/C20H27N3O3S/c1-3-26-19-8-10-20(11-9-19)27(24,25)21-18-6-4-17(5-7-18)16-23-14-12-22(2)13-15-23/h4-11,21H,3,12-16H2,1-2H3. The van der Waals surface area contributed by atoms with Crippen molar-refractivity contribution < 1.29 is 13.2 Å². The minimum Gasteiger partial charge on any atom is -0.494 e. The van der Waals surface area contributed by atoms with Crippen LogP contribution in [0.15, 0.2) is 53.4 Å². The maximum Gasteiger partial charge on any atom is 0.261 e. The average molecular weight is 390 g/mol. The van der Waals surface area contributed by atoms with Gasteiger partial charge in [-0.25, -0.2) is 8.42 Å². The van der Waals surface area contributed by atoms with Gasteiger partial charge < -0.3 is 9.64 Å². The van der Waals surface area contributed by atoms with Crippen molar-refractivity contribution in [3.8, 4) is 5.75 Å². The molecule has 146 valence electrons. The van der Waals surface area contributed by atoms with Crippen LogP contribution in [0.2, 0.25) is 0 Å². The Morgan fingerprint density at radius 1 is 0.963 bits per heavy atom. The van der Waals surface area contributed by atoms with Crippen molar-refractivity contribution in [2.24, 2.45) is 0 Å². The first kappa shape index (κ1) is 19.7. The number of benzene rings is 2. The van der Waals surface area contributed by atoms with Gasteiger partial charge in [-0.1, -0.05) is 12.1 Å². The summed E-state index contributed by atoms with van der Waals surface area (Å²) in [7, 11) is -1.47. The highest BCUT2D eigenvalue weighted by atomic mass is 32.2. The van der Waals surface area contributed by atoms with Crippen LogP contribution in [0.4, 0.5) is 5.69 Å². The lowest BCUT2D eigenvalue weighted by atomic mass is 10.2. The van der Waals surface area contributed by atoms with Crippen LogP contribution in [0.1, 0.15) is 12.5 Å². The summed E-state index contributed by atoms with van der Waals surface area (Å²) in [5.41, 5.74) is 1.74. The molecule has 1 fully saturated rings. The summed E-state index contributed by atoms with van der Waals surface area (Å²) in [5, 5.41) is 0. The zero-order valence-electron chi connectivity index (χ0n) is 15.9. The number of nitrogens with zero attached hydrogens (tertiary/aromatic N) is 2. The molecule has 1 N–H and O–H groups in total. The molecule has 0 atom stereocenters. The van der Waals surface area contributed by atoms with Crippen LogP contribution >= 0.6 is 0 Å². The van der Waals surface area contributed by atoms with Gasteiger partial charge in [-0.3, -0.25) is 9.62 Å². The largest absolute Gasteiger partial charge is 0.494 e. The molecule has 1 aliphatic heterocycles. The topological polar surface area (TPSA) is 61.9 Å². The SMILES string of the molecule is CCOc1ccc(S(=O)(=O)Nc2ccc(CN3CCN(C)CC3)cc2)cc1. The second-order valence-electron chi connectivity index (χ2n) is 6.79. The molecule has 1 saturated heterocycles. The number of anilines is 1. The first-order chi connectivity index (χ1) is 13.0. The Morgan fingerprint density at radius 3 is 2.19 bits per heavy atom. The lowest BCUT2D eigenvalue weighted by Crippen LogP contribution is -2.43. The quantitative estimate of drug-likeness (QED) is 0.789. The number of rotatable bonds is 7. The third-order valence-corrected chi connectivity index (χ3v) is 6.05. The van der Waals surface area contributed by atoms with Crippen LogP contribution in [0, 0.1) is 0 Å². The summed E-state index contributed by atoms with van der Waals surface area (Å²) in [5.74, 6) is 0.657. The zero-order chi connectivity index (χ0) is 19.3. The van der Waals surface area contributed by atoms with Gasteiger partial charge in [-0.2, -0.15) is 0 Å². The molecular weight excluding hydrogens is 362 g/mol. The summed E-state index contributed by atoms with van der Waals surface area (Å²) in [6.45, 7) is 7.61. The number of nitrogens with one attached hydrogen (secondary N) is 1. The predicted octanol–water partition coefficient (Wildman–Crippen LogP) is 2.63. The molecule has 27 heavy (non-hydrogen) atoms. The van der Waals surface area contributed by atoms with Crippen LogP contribution in [-0.2, 0) is 16.6 Å². The minimum absolute atomic E-state index is 0.215. The average Bonchev–Trinajstić information content (AvgIpc) is 2.66. The molecule has 0 unspecified atom stereocenters. The fourth-order valence-corrected chi connectivity index (χ4v) is 4.10. The van der Waals surface area contributed by atoms with Gasteiger partial charge in [0.15, 0.2) is 0 Å². The minimum atomic E-state index is -3.61. The van der Waals surface area contributed by atoms with Gasteiger partial charge in [0.2, 0.25) is 0 Å². The van der Waals surface area contributed by atoms with Crippen molar-refractivity contribution in [2.75, 3.05) is 44.6 Å². The lowest BCUT2D eigenvalue weighted by molar-refractivity contribution is 0.148. The molecule has 0 aromatic heterocycles. The van der Waals surface area contributed by atoms with Crippen molar-refractivity contribution in [3.05, 3.63) is 54.1 Å². The number of piperazine rings is 1. The van der Waals surface area contributed by atoms with Crippen molar-refractivity contribution in [1.82, 2.24) is 9.80 Å². The van der Waals surface area contributed by atoms with Crippen LogP contribution in [0.3, 0.4) is 0 Å². The molecule has 1 heterocycles. The molecule has 6 nitrogen and oxygen atoms in total. The van der Waals surface area contributed by atoms with E-state index in [4.69, 9.17) is 4.74 Å². The maximum atomic E-state index is 12.5. The molecule has 0 amide bonds. The Bertz CT molecular complexity index is 828. The van der Waals surface area contributed by atoms with Gasteiger partial charge >= 0.3 is 0 Å². The maximum absolute atomic E-state index is 12.5. The monoisotopic (exact) mass is 389 g/mol. The summed E-state index contributed by atoms with van der Waals surface area (Å²) in [4.78, 5) is 4.96. The fourth-order valence-electron chi connectivity index (χ4n) is 3.04. The van der Waals surface area contributed by atoms with Crippen molar-refractivity contribution in [1.29, 1.82) is 0 Å². The number of ether oxygens (including phenoxy) is 1. The van der Waals surface area contributed by atoms with E-state index in [9.17, 15) is 8.42 Å². The van der Waals surface area contributed by atoms with Crippen LogP contribution in [-0.4, -0.2) is 58.1 Å². The molecule has 0 radical (unpaired) electrons. The zero-order valence-corrected chi connectivity index (χ0v) is 16.7. The van der Waals surface area contributed by atoms with E-state index >= 15 is 0 Å². The van der Waals surface area contributed by atoms with E-state index in [0.29, 0.717) is 18.0 Å². The highest BCUT2D eigenvalue weighted by Gasteiger charge is 2.16. The second kappa shape index (κ2) is 8.73. The van der Waals surface area contributed by atoms with E-state index in [0.717, 1.165) is 32.7 Å². The number of likely N-dealkylation sites (N-methyl/N-ethyl adjacent to an activating group) is 1. The third kappa shape index (κ3) is 5.45. The van der Waals surface area contributed by atoms with Crippen LogP contribution in [0.25, 0.3) is 0 Å². The first-order valence-electron chi connectivity index (χ1n) is 9.22. The van der Waals surface area contributed by atoms with E-state index in [1.165, 1.54) is 5.56 Å². The number of hydrogen-bond acceptors (Lipinski definition) is 5. The molecule has 2 aromatic carbocycles. The Labute approximate surface area is 161 Å². The van der Waals surface area contributed by atoms with Gasteiger partial charge in [0.1, 0.15) is 5.75 Å². The Hall–Kier alpha value is -2.09. The molecule has 0 aliphatic carbocycles. The van der Waals surface area contributed by atoms with E-state index in [1.807, 2.05) is 31.2 Å². The fraction of sp³-hybridized carbons (Fsp3) is 0.400. The number of hydrogen-bond donors (Lipinski definition) is 1. The molecule has 3 rings (SSSR count). The lowest BCUT2D eigenvalue weighted by Gasteiger charge is -2.32. The summed E-state index contributed by atoms with van der Waals surface area (Å²) < 4.78 is 33.1. The first-order valence-corrected chi connectivity index (χ1v) is 10.7. The van der Waals surface area contributed by atoms with Crippen molar-refractivity contribution in [2.45, 2.75) is 18.4 Å². The van der Waals surface area contributed by atoms with Gasteiger partial charge in [0.25, 0.3) is 10.0 Å². The highest BCUT2D eigenvalue weighted by Crippen LogP contribution is 2.20. The van der Waals surface area contributed by atoms with Gasteiger partial charge in [0.05, 0.1) is 11.5 Å². The molecule has 2 aromatic rings. The highest BCUT2D eigenvalue weighted by molar-refractivity contribution is 7.92. The summed E-state index contributed by atoms with van der Waals surface area (Å²) in [6, 6.07) is 14.0. The summed E-state index contributed by atoms with van der Waals surface area (Å²) in [6.07, 6.45) is 0. The number of sulfonamides is 1. The molecule has 1 aliphatic rings. The molecule has 0 saturated carbocycles. The van der Waals surface area contributed by atoms with Gasteiger partial charge in [-0.05, 0) is 55.9 Å². The normalized spacial score (nSPS) is 16.2. The van der Waals surface area contributed by atoms with E-state index in [-0.39, 0.29) is 4.90 Å². The predicted molar refractivity (Wildman–Crippen MR) is 108 cm³/mol. The van der Waals surface area contributed by atoms with Crippen molar-refractivity contribution >= 4 is 15.7 Å². The Balaban J connectivity index is 1.61. The van der Waals surface area contributed by atoms with Gasteiger partial charge in [-0.15, -0.1) is 0 Å². The second-order valence-corrected chi connectivity index (χ2v) is 8.47. The third-order valence-electron chi connectivity index (χ3n) is 4.65. The van der Waals surface area contributed by atoms with Crippen LogP contribution in [0.5, 0.6) is 5.75 Å². The van der Waals surface area contributed by atoms with Gasteiger partial charge in [0, 0.05) is 38.4 Å².